The van der Waals surface area contributed by atoms with E-state index in [1.807, 2.05) is 31.2 Å². The Morgan fingerprint density at radius 2 is 1.71 bits per heavy atom. The van der Waals surface area contributed by atoms with E-state index >= 15 is 0 Å². The van der Waals surface area contributed by atoms with Gasteiger partial charge >= 0.3 is 0 Å². The van der Waals surface area contributed by atoms with Gasteiger partial charge in [-0.1, -0.05) is 44.5 Å². The first-order valence-electron chi connectivity index (χ1n) is 11.4. The van der Waals surface area contributed by atoms with Gasteiger partial charge < -0.3 is 9.84 Å². The van der Waals surface area contributed by atoms with Crippen LogP contribution in [0.1, 0.15) is 50.4 Å². The largest absolute Gasteiger partial charge is 0.507 e. The van der Waals surface area contributed by atoms with Crippen molar-refractivity contribution in [3.8, 4) is 5.75 Å². The summed E-state index contributed by atoms with van der Waals surface area (Å²) in [6, 6.07) is 14.9. The average Bonchev–Trinajstić information content (AvgIpc) is 3.10. The third-order valence-electron chi connectivity index (χ3n) is 5.98. The maximum Gasteiger partial charge on any atom is 0.300 e. The van der Waals surface area contributed by atoms with Gasteiger partial charge in [-0.05, 0) is 65.9 Å². The summed E-state index contributed by atoms with van der Waals surface area (Å²) >= 11 is 6.20. The Labute approximate surface area is 209 Å². The Balaban J connectivity index is 1.88. The number of anilines is 1. The van der Waals surface area contributed by atoms with Crippen LogP contribution >= 0.6 is 11.6 Å². The highest BCUT2D eigenvalue weighted by Gasteiger charge is 2.47. The molecule has 1 unspecified atom stereocenters. The quantitative estimate of drug-likeness (QED) is 0.267. The molecule has 0 spiro atoms. The summed E-state index contributed by atoms with van der Waals surface area (Å²) in [6.45, 7) is 8.52. The minimum atomic E-state index is -0.829. The second-order valence-corrected chi connectivity index (χ2v) is 9.73. The molecule has 1 amide bonds. The highest BCUT2D eigenvalue weighted by molar-refractivity contribution is 6.51. The Bertz CT molecular complexity index is 1290. The van der Waals surface area contributed by atoms with Crippen LogP contribution in [-0.4, -0.2) is 28.4 Å². The van der Waals surface area contributed by atoms with Crippen LogP contribution in [0.4, 0.5) is 5.69 Å². The van der Waals surface area contributed by atoms with Crippen molar-refractivity contribution in [1.82, 2.24) is 4.98 Å². The standard InChI is InChI=1S/C28H27ClN2O4/c1-5-35-22-16-18(6-11-21(22)29)25(32)23-24(17-12-14-30-15-13-17)31(27(34)26(23)33)20-9-7-19(8-10-20)28(2,3)4/h6-16,24,32H,5H2,1-4H3/b25-23-. The number of aliphatic hydroxyl groups is 1. The van der Waals surface area contributed by atoms with Gasteiger partial charge in [0.05, 0.1) is 23.2 Å². The second kappa shape index (κ2) is 9.55. The SMILES string of the molecule is CCOc1cc(/C(O)=C2/C(=O)C(=O)N(c3ccc(C(C)(C)C)cc3)C2c2ccncc2)ccc1Cl. The Morgan fingerprint density at radius 3 is 2.31 bits per heavy atom. The smallest absolute Gasteiger partial charge is 0.300 e. The molecule has 6 nitrogen and oxygen atoms in total. The number of ketones is 1. The van der Waals surface area contributed by atoms with Crippen LogP contribution in [0.3, 0.4) is 0 Å². The van der Waals surface area contributed by atoms with Crippen molar-refractivity contribution in [1.29, 1.82) is 0 Å². The van der Waals surface area contributed by atoms with Crippen LogP contribution in [0, 0.1) is 0 Å². The molecule has 1 atom stereocenters. The molecule has 35 heavy (non-hydrogen) atoms. The molecular weight excluding hydrogens is 464 g/mol. The van der Waals surface area contributed by atoms with Crippen LogP contribution in [-0.2, 0) is 15.0 Å². The fraction of sp³-hybridized carbons (Fsp3) is 0.250. The van der Waals surface area contributed by atoms with E-state index in [0.29, 0.717) is 34.2 Å². The maximum atomic E-state index is 13.3. The van der Waals surface area contributed by atoms with E-state index in [0.717, 1.165) is 5.56 Å². The number of amides is 1. The van der Waals surface area contributed by atoms with Crippen LogP contribution in [0.25, 0.3) is 5.76 Å². The van der Waals surface area contributed by atoms with Gasteiger partial charge in [-0.3, -0.25) is 19.5 Å². The number of halogens is 1. The second-order valence-electron chi connectivity index (χ2n) is 9.32. The number of Topliss-reactive ketones (excluding diaryl/α,β-unsaturated/α-hetero) is 1. The van der Waals surface area contributed by atoms with Gasteiger partial charge in [0, 0.05) is 23.6 Å². The topological polar surface area (TPSA) is 79.7 Å². The van der Waals surface area contributed by atoms with Crippen molar-refractivity contribution in [2.75, 3.05) is 11.5 Å². The highest BCUT2D eigenvalue weighted by atomic mass is 35.5. The third-order valence-corrected chi connectivity index (χ3v) is 6.29. The third kappa shape index (κ3) is 4.66. The van der Waals surface area contributed by atoms with Crippen molar-refractivity contribution < 1.29 is 19.4 Å². The first kappa shape index (κ1) is 24.5. The Hall–Kier alpha value is -3.64. The van der Waals surface area contributed by atoms with Gasteiger partial charge in [0.2, 0.25) is 0 Å². The molecule has 2 aromatic carbocycles. The van der Waals surface area contributed by atoms with E-state index in [1.165, 1.54) is 4.90 Å². The minimum Gasteiger partial charge on any atom is -0.507 e. The fourth-order valence-corrected chi connectivity index (χ4v) is 4.33. The molecule has 180 valence electrons. The normalized spacial score (nSPS) is 17.6. The minimum absolute atomic E-state index is 0.00845. The lowest BCUT2D eigenvalue weighted by molar-refractivity contribution is -0.132. The number of rotatable bonds is 5. The molecule has 0 bridgehead atoms. The first-order chi connectivity index (χ1) is 16.6. The number of aliphatic hydroxyl groups excluding tert-OH is 1. The molecule has 1 aromatic heterocycles. The molecule has 0 radical (unpaired) electrons. The van der Waals surface area contributed by atoms with Crippen LogP contribution in [0.15, 0.2) is 72.6 Å². The van der Waals surface area contributed by atoms with E-state index in [4.69, 9.17) is 16.3 Å². The molecular formula is C28H27ClN2O4. The number of ether oxygens (including phenoxy) is 1. The predicted octanol–water partition coefficient (Wildman–Crippen LogP) is 6.06. The summed E-state index contributed by atoms with van der Waals surface area (Å²) in [4.78, 5) is 32.1. The molecule has 1 aliphatic rings. The van der Waals surface area contributed by atoms with Crippen molar-refractivity contribution >= 4 is 34.7 Å². The van der Waals surface area contributed by atoms with E-state index in [9.17, 15) is 14.7 Å². The monoisotopic (exact) mass is 490 g/mol. The number of carbonyl (C=O) groups excluding carboxylic acids is 2. The van der Waals surface area contributed by atoms with Crippen LogP contribution in [0.2, 0.25) is 5.02 Å². The van der Waals surface area contributed by atoms with Gasteiger partial charge in [0.25, 0.3) is 11.7 Å². The zero-order valence-corrected chi connectivity index (χ0v) is 20.8. The molecule has 1 fully saturated rings. The lowest BCUT2D eigenvalue weighted by atomic mass is 9.87. The lowest BCUT2D eigenvalue weighted by Gasteiger charge is -2.26. The Kier molecular flexibility index (Phi) is 6.68. The van der Waals surface area contributed by atoms with E-state index in [2.05, 4.69) is 25.8 Å². The number of hydrogen-bond acceptors (Lipinski definition) is 5. The molecule has 1 N–H and O–H groups in total. The number of hydrogen-bond donors (Lipinski definition) is 1. The van der Waals surface area contributed by atoms with Gasteiger partial charge in [-0.15, -0.1) is 0 Å². The highest BCUT2D eigenvalue weighted by Crippen LogP contribution is 2.43. The van der Waals surface area contributed by atoms with E-state index < -0.39 is 17.7 Å². The molecule has 4 rings (SSSR count). The molecule has 1 aliphatic heterocycles. The molecule has 7 heteroatoms. The molecule has 2 heterocycles. The van der Waals surface area contributed by atoms with Crippen molar-refractivity contribution in [3.63, 3.8) is 0 Å². The number of aromatic nitrogens is 1. The molecule has 3 aromatic rings. The summed E-state index contributed by atoms with van der Waals surface area (Å²) in [5.41, 5.74) is 2.57. The summed E-state index contributed by atoms with van der Waals surface area (Å²) < 4.78 is 5.54. The van der Waals surface area contributed by atoms with Crippen molar-refractivity contribution in [2.45, 2.75) is 39.2 Å². The lowest BCUT2D eigenvalue weighted by Crippen LogP contribution is -2.29. The molecule has 0 aliphatic carbocycles. The van der Waals surface area contributed by atoms with E-state index in [-0.39, 0.29) is 16.7 Å². The summed E-state index contributed by atoms with van der Waals surface area (Å²) in [7, 11) is 0. The number of carbonyl (C=O) groups is 2. The number of nitrogens with zero attached hydrogens (tertiary/aromatic N) is 2. The van der Waals surface area contributed by atoms with Gasteiger partial charge in [0.1, 0.15) is 11.5 Å². The van der Waals surface area contributed by atoms with Gasteiger partial charge in [-0.25, -0.2) is 0 Å². The van der Waals surface area contributed by atoms with Gasteiger partial charge in [0.15, 0.2) is 0 Å². The Morgan fingerprint density at radius 1 is 1.06 bits per heavy atom. The van der Waals surface area contributed by atoms with Crippen LogP contribution in [0.5, 0.6) is 5.75 Å². The predicted molar refractivity (Wildman–Crippen MR) is 137 cm³/mol. The molecule has 0 saturated carbocycles. The fourth-order valence-electron chi connectivity index (χ4n) is 4.15. The zero-order chi connectivity index (χ0) is 25.3. The number of pyridine rings is 1. The summed E-state index contributed by atoms with van der Waals surface area (Å²) in [6.07, 6.45) is 3.18. The zero-order valence-electron chi connectivity index (χ0n) is 20.1. The summed E-state index contributed by atoms with van der Waals surface area (Å²) in [5.74, 6) is -1.39. The maximum absolute atomic E-state index is 13.3. The van der Waals surface area contributed by atoms with Crippen LogP contribution < -0.4 is 9.64 Å². The van der Waals surface area contributed by atoms with E-state index in [1.54, 1.807) is 42.7 Å². The molecule has 1 saturated heterocycles. The summed E-state index contributed by atoms with van der Waals surface area (Å²) in [5, 5.41) is 11.7. The van der Waals surface area contributed by atoms with Crippen molar-refractivity contribution in [2.24, 2.45) is 0 Å². The van der Waals surface area contributed by atoms with Gasteiger partial charge in [-0.2, -0.15) is 0 Å². The average molecular weight is 491 g/mol. The number of benzene rings is 2. The first-order valence-corrected chi connectivity index (χ1v) is 11.8. The van der Waals surface area contributed by atoms with Crippen molar-refractivity contribution in [3.05, 3.63) is 94.3 Å².